The predicted molar refractivity (Wildman–Crippen MR) is 134 cm³/mol. The number of carbonyl (C=O) groups is 2. The van der Waals surface area contributed by atoms with Crippen molar-refractivity contribution in [2.75, 3.05) is 19.8 Å². The van der Waals surface area contributed by atoms with Crippen molar-refractivity contribution in [1.29, 1.82) is 0 Å². The van der Waals surface area contributed by atoms with Crippen molar-refractivity contribution in [3.05, 3.63) is 48.6 Å². The van der Waals surface area contributed by atoms with E-state index in [9.17, 15) is 14.2 Å². The minimum Gasteiger partial charge on any atom is -0.462 e. The van der Waals surface area contributed by atoms with Crippen LogP contribution in [0.15, 0.2) is 48.6 Å². The summed E-state index contributed by atoms with van der Waals surface area (Å²) in [5.74, 6) is -1.17. The number of ether oxygens (including phenoxy) is 2. The van der Waals surface area contributed by atoms with E-state index < -0.39 is 32.5 Å². The lowest BCUT2D eigenvalue weighted by atomic mass is 10.2. The maximum atomic E-state index is 11.9. The predicted octanol–water partition coefficient (Wildman–Crippen LogP) is 4.69. The summed E-state index contributed by atoms with van der Waals surface area (Å²) < 4.78 is 25.0. The van der Waals surface area contributed by atoms with Gasteiger partial charge in [0.15, 0.2) is 6.10 Å². The van der Waals surface area contributed by atoms with Gasteiger partial charge in [-0.05, 0) is 51.4 Å². The molecular weight excluding hydrogens is 475 g/mol. The number of phosphoric ester groups is 1. The normalized spacial score (nSPS) is 13.4. The molecule has 0 amide bonds. The summed E-state index contributed by atoms with van der Waals surface area (Å²) in [6.07, 6.45) is 23.8. The molecule has 0 aliphatic carbocycles. The van der Waals surface area contributed by atoms with E-state index in [1.165, 1.54) is 6.92 Å². The molecule has 10 heteroatoms. The van der Waals surface area contributed by atoms with Crippen LogP contribution in [0.4, 0.5) is 0 Å². The van der Waals surface area contributed by atoms with Crippen LogP contribution >= 0.6 is 7.82 Å². The first-order valence-corrected chi connectivity index (χ1v) is 13.5. The molecule has 0 aromatic carbocycles. The van der Waals surface area contributed by atoms with Gasteiger partial charge in [0.2, 0.25) is 0 Å². The van der Waals surface area contributed by atoms with Crippen LogP contribution in [0.5, 0.6) is 0 Å². The third-order valence-electron chi connectivity index (χ3n) is 4.46. The molecule has 0 fully saturated rings. The Hall–Kier alpha value is -2.03. The second-order valence-electron chi connectivity index (χ2n) is 7.76. The van der Waals surface area contributed by atoms with Gasteiger partial charge < -0.3 is 24.4 Å². The molecule has 0 unspecified atom stereocenters. The zero-order chi connectivity index (χ0) is 26.2. The zero-order valence-electron chi connectivity index (χ0n) is 20.6. The molecule has 35 heavy (non-hydrogen) atoms. The lowest BCUT2D eigenvalue weighted by Gasteiger charge is -2.17. The Kier molecular flexibility index (Phi) is 21.1. The summed E-state index contributed by atoms with van der Waals surface area (Å²) in [6, 6.07) is 0. The highest BCUT2D eigenvalue weighted by atomic mass is 31.2. The number of unbranched alkanes of at least 4 members (excludes halogenated alkanes) is 4. The van der Waals surface area contributed by atoms with Crippen molar-refractivity contribution >= 4 is 19.8 Å². The summed E-state index contributed by atoms with van der Waals surface area (Å²) in [7, 11) is -4.73. The first-order chi connectivity index (χ1) is 16.7. The van der Waals surface area contributed by atoms with E-state index in [-0.39, 0.29) is 19.6 Å². The van der Waals surface area contributed by atoms with Crippen molar-refractivity contribution in [1.82, 2.24) is 0 Å². The molecule has 0 saturated heterocycles. The van der Waals surface area contributed by atoms with Crippen LogP contribution in [0.2, 0.25) is 0 Å². The summed E-state index contributed by atoms with van der Waals surface area (Å²) >= 11 is 0. The maximum absolute atomic E-state index is 11.9. The number of hydrogen-bond acceptors (Lipinski definition) is 7. The zero-order valence-corrected chi connectivity index (χ0v) is 21.5. The standard InChI is InChI=1S/C25H41O9P/c1-23(27)32-21-24(22-33-35(29,30)31)34-25(28)19-17-15-13-11-9-7-5-3-2-4-6-8-10-12-14-16-18-20-26/h2,4-5,7-8,10-11,13,24,26H,3,6,9,12,14-22H2,1H3,(H2,29,30,31)/b4-2-,7-5-,10-8-,13-11-/t24-/m1/s1. The average Bonchev–Trinajstić information content (AvgIpc) is 2.79. The lowest BCUT2D eigenvalue weighted by molar-refractivity contribution is -0.160. The Balaban J connectivity index is 3.91. The van der Waals surface area contributed by atoms with Gasteiger partial charge in [0.1, 0.15) is 6.61 Å². The molecule has 0 radical (unpaired) electrons. The molecule has 1 atom stereocenters. The fourth-order valence-corrected chi connectivity index (χ4v) is 3.08. The average molecular weight is 517 g/mol. The third kappa shape index (κ3) is 26.4. The quantitative estimate of drug-likeness (QED) is 0.0858. The summed E-state index contributed by atoms with van der Waals surface area (Å²) in [5, 5.41) is 8.71. The van der Waals surface area contributed by atoms with Crippen molar-refractivity contribution in [3.63, 3.8) is 0 Å². The van der Waals surface area contributed by atoms with Crippen LogP contribution in [0.1, 0.15) is 71.1 Å². The monoisotopic (exact) mass is 516 g/mol. The smallest absolute Gasteiger partial charge is 0.462 e. The van der Waals surface area contributed by atoms with E-state index in [1.54, 1.807) is 0 Å². The van der Waals surface area contributed by atoms with Crippen LogP contribution in [0.3, 0.4) is 0 Å². The molecule has 0 aliphatic heterocycles. The number of carbonyl (C=O) groups excluding carboxylic acids is 2. The number of phosphoric acid groups is 1. The van der Waals surface area contributed by atoms with E-state index in [0.717, 1.165) is 44.9 Å². The van der Waals surface area contributed by atoms with Crippen LogP contribution in [0, 0.1) is 0 Å². The third-order valence-corrected chi connectivity index (χ3v) is 4.95. The van der Waals surface area contributed by atoms with Crippen molar-refractivity contribution in [2.24, 2.45) is 0 Å². The molecule has 0 spiro atoms. The van der Waals surface area contributed by atoms with Crippen molar-refractivity contribution in [3.8, 4) is 0 Å². The van der Waals surface area contributed by atoms with Gasteiger partial charge in [-0.1, -0.05) is 55.0 Å². The molecule has 200 valence electrons. The van der Waals surface area contributed by atoms with Gasteiger partial charge in [0.05, 0.1) is 6.61 Å². The highest BCUT2D eigenvalue weighted by molar-refractivity contribution is 7.46. The maximum Gasteiger partial charge on any atom is 0.469 e. The van der Waals surface area contributed by atoms with Crippen LogP contribution < -0.4 is 0 Å². The first-order valence-electron chi connectivity index (χ1n) is 12.0. The molecule has 0 saturated carbocycles. The lowest BCUT2D eigenvalue weighted by Crippen LogP contribution is -2.29. The second-order valence-corrected chi connectivity index (χ2v) is 9.00. The molecule has 0 heterocycles. The molecular formula is C25H41O9P. The molecule has 3 N–H and O–H groups in total. The van der Waals surface area contributed by atoms with Gasteiger partial charge >= 0.3 is 19.8 Å². The number of aliphatic hydroxyl groups is 1. The Bertz CT molecular complexity index is 722. The van der Waals surface area contributed by atoms with Crippen LogP contribution in [0.25, 0.3) is 0 Å². The minimum absolute atomic E-state index is 0.120. The Labute approximate surface area is 208 Å². The summed E-state index contributed by atoms with van der Waals surface area (Å²) in [5.41, 5.74) is 0. The second kappa shape index (κ2) is 22.4. The summed E-state index contributed by atoms with van der Waals surface area (Å²) in [6.45, 7) is 0.530. The van der Waals surface area contributed by atoms with Gasteiger partial charge in [-0.3, -0.25) is 14.1 Å². The highest BCUT2D eigenvalue weighted by Crippen LogP contribution is 2.35. The van der Waals surface area contributed by atoms with Gasteiger partial charge in [-0.25, -0.2) is 4.57 Å². The SMILES string of the molecule is CC(=O)OC[C@H](COP(=O)(O)O)OC(=O)CCC/C=C\C/C=C\C/C=C\C/C=C\CCCCCO. The fourth-order valence-electron chi connectivity index (χ4n) is 2.72. The Morgan fingerprint density at radius 3 is 1.86 bits per heavy atom. The van der Waals surface area contributed by atoms with Crippen molar-refractivity contribution in [2.45, 2.75) is 77.2 Å². The molecule has 0 aromatic heterocycles. The molecule has 0 rings (SSSR count). The van der Waals surface area contributed by atoms with Crippen molar-refractivity contribution < 1.29 is 43.0 Å². The number of aliphatic hydroxyl groups excluding tert-OH is 1. The molecule has 0 aliphatic rings. The van der Waals surface area contributed by atoms with E-state index >= 15 is 0 Å². The Morgan fingerprint density at radius 2 is 1.34 bits per heavy atom. The molecule has 9 nitrogen and oxygen atoms in total. The van der Waals surface area contributed by atoms with E-state index in [0.29, 0.717) is 12.8 Å². The van der Waals surface area contributed by atoms with E-state index in [4.69, 9.17) is 24.4 Å². The van der Waals surface area contributed by atoms with Crippen LogP contribution in [-0.4, -0.2) is 52.8 Å². The van der Waals surface area contributed by atoms with Gasteiger partial charge in [-0.2, -0.15) is 0 Å². The minimum atomic E-state index is -4.73. The van der Waals surface area contributed by atoms with E-state index in [1.807, 2.05) is 12.2 Å². The number of rotatable bonds is 21. The highest BCUT2D eigenvalue weighted by Gasteiger charge is 2.22. The van der Waals surface area contributed by atoms with Gasteiger partial charge in [-0.15, -0.1) is 0 Å². The van der Waals surface area contributed by atoms with Gasteiger partial charge in [0.25, 0.3) is 0 Å². The topological polar surface area (TPSA) is 140 Å². The number of esters is 2. The Morgan fingerprint density at radius 1 is 0.800 bits per heavy atom. The molecule has 0 bridgehead atoms. The number of hydrogen-bond donors (Lipinski definition) is 3. The van der Waals surface area contributed by atoms with E-state index in [2.05, 4.69) is 41.0 Å². The molecule has 0 aromatic rings. The summed E-state index contributed by atoms with van der Waals surface area (Å²) in [4.78, 5) is 40.4. The van der Waals surface area contributed by atoms with Gasteiger partial charge in [0, 0.05) is 20.0 Å². The number of allylic oxidation sites excluding steroid dienone is 8. The van der Waals surface area contributed by atoms with Crippen LogP contribution in [-0.2, 0) is 28.2 Å². The largest absolute Gasteiger partial charge is 0.469 e. The first kappa shape index (κ1) is 33.0. The fraction of sp³-hybridized carbons (Fsp3) is 0.600.